The summed E-state index contributed by atoms with van der Waals surface area (Å²) in [6.45, 7) is 0.249. The predicted molar refractivity (Wildman–Crippen MR) is 131 cm³/mol. The van der Waals surface area contributed by atoms with Crippen molar-refractivity contribution in [3.63, 3.8) is 0 Å². The zero-order valence-corrected chi connectivity index (χ0v) is 20.7. The van der Waals surface area contributed by atoms with Gasteiger partial charge in [-0.15, -0.1) is 0 Å². The number of nitrogens with two attached hydrogens (primary N) is 1. The first kappa shape index (κ1) is 28.9. The summed E-state index contributed by atoms with van der Waals surface area (Å²) in [6.07, 6.45) is 2.30. The first-order valence-corrected chi connectivity index (χ1v) is 12.8. The normalized spacial score (nSPS) is 17.6. The number of aromatic hydroxyl groups is 1. The molecule has 198 valence electrons. The quantitative estimate of drug-likeness (QED) is 0.196. The first-order chi connectivity index (χ1) is 17.0. The monoisotopic (exact) mass is 524 g/mol. The number of thioether (sulfide) groups is 1. The fraction of sp³-hybridized carbons (Fsp3) is 0.522. The second-order valence-electron chi connectivity index (χ2n) is 8.51. The van der Waals surface area contributed by atoms with Crippen LogP contribution in [0.15, 0.2) is 24.3 Å². The van der Waals surface area contributed by atoms with Gasteiger partial charge < -0.3 is 36.6 Å². The molecule has 36 heavy (non-hydrogen) atoms. The minimum atomic E-state index is -1.33. The lowest BCUT2D eigenvalue weighted by molar-refractivity contribution is -0.145. The van der Waals surface area contributed by atoms with Crippen molar-refractivity contribution in [1.82, 2.24) is 15.5 Å². The number of phenolic OH excluding ortho intramolecular Hbond substituents is 1. The molecule has 1 aromatic carbocycles. The standard InChI is InChI=1S/C23H32N4O8S/c1-36-10-8-16(25-20(31)15(24)12-19(29)30)22(33)27-9-2-3-18(27)21(32)26-17(23(34)35)11-13-4-6-14(28)7-5-13/h4-7,15-18,28H,2-3,8-12,24H2,1H3,(H,25,31)(H,26,32)(H,29,30)(H,34,35). The molecule has 1 aromatic rings. The van der Waals surface area contributed by atoms with Gasteiger partial charge in [0.15, 0.2) is 0 Å². The van der Waals surface area contributed by atoms with Gasteiger partial charge in [0.05, 0.1) is 12.5 Å². The zero-order chi connectivity index (χ0) is 26.8. The zero-order valence-electron chi connectivity index (χ0n) is 19.9. The van der Waals surface area contributed by atoms with Crippen LogP contribution in [0.3, 0.4) is 0 Å². The molecule has 0 saturated carbocycles. The molecule has 0 aliphatic carbocycles. The average molecular weight is 525 g/mol. The van der Waals surface area contributed by atoms with Gasteiger partial charge in [0.1, 0.15) is 23.9 Å². The summed E-state index contributed by atoms with van der Waals surface area (Å²) in [5.41, 5.74) is 6.22. The van der Waals surface area contributed by atoms with Crippen LogP contribution in [0.1, 0.15) is 31.2 Å². The van der Waals surface area contributed by atoms with Gasteiger partial charge in [-0.25, -0.2) is 4.79 Å². The van der Waals surface area contributed by atoms with E-state index < -0.39 is 60.2 Å². The number of rotatable bonds is 13. The molecule has 0 bridgehead atoms. The van der Waals surface area contributed by atoms with Gasteiger partial charge in [-0.1, -0.05) is 12.1 Å². The lowest BCUT2D eigenvalue weighted by Gasteiger charge is -2.30. The van der Waals surface area contributed by atoms with Crippen LogP contribution >= 0.6 is 11.8 Å². The van der Waals surface area contributed by atoms with E-state index in [1.807, 2.05) is 6.26 Å². The summed E-state index contributed by atoms with van der Waals surface area (Å²) in [7, 11) is 0. The molecular formula is C23H32N4O8S. The molecule has 7 N–H and O–H groups in total. The van der Waals surface area contributed by atoms with E-state index in [-0.39, 0.29) is 25.1 Å². The van der Waals surface area contributed by atoms with Gasteiger partial charge in [-0.2, -0.15) is 11.8 Å². The van der Waals surface area contributed by atoms with Gasteiger partial charge in [0.2, 0.25) is 17.7 Å². The summed E-state index contributed by atoms with van der Waals surface area (Å²) >= 11 is 1.45. The first-order valence-electron chi connectivity index (χ1n) is 11.4. The molecule has 0 radical (unpaired) electrons. The lowest BCUT2D eigenvalue weighted by Crippen LogP contribution is -2.57. The number of hydrogen-bond donors (Lipinski definition) is 6. The predicted octanol–water partition coefficient (Wildman–Crippen LogP) is -0.465. The van der Waals surface area contributed by atoms with Gasteiger partial charge in [0.25, 0.3) is 0 Å². The second-order valence-corrected chi connectivity index (χ2v) is 9.49. The molecule has 1 fully saturated rings. The van der Waals surface area contributed by atoms with Crippen LogP contribution in [0.5, 0.6) is 5.75 Å². The summed E-state index contributed by atoms with van der Waals surface area (Å²) in [5.74, 6) is -3.86. The molecule has 13 heteroatoms. The number of carboxylic acid groups (broad SMARTS) is 2. The van der Waals surface area contributed by atoms with E-state index >= 15 is 0 Å². The molecule has 1 saturated heterocycles. The van der Waals surface area contributed by atoms with Crippen molar-refractivity contribution in [1.29, 1.82) is 0 Å². The highest BCUT2D eigenvalue weighted by Crippen LogP contribution is 2.20. The van der Waals surface area contributed by atoms with Gasteiger partial charge in [-0.05, 0) is 49.0 Å². The highest BCUT2D eigenvalue weighted by molar-refractivity contribution is 7.98. The molecule has 1 aliphatic rings. The van der Waals surface area contributed by atoms with E-state index in [0.29, 0.717) is 24.2 Å². The molecule has 12 nitrogen and oxygen atoms in total. The number of benzene rings is 1. The van der Waals surface area contributed by atoms with Crippen LogP contribution < -0.4 is 16.4 Å². The number of aliphatic carboxylic acids is 2. The summed E-state index contributed by atoms with van der Waals surface area (Å²) < 4.78 is 0. The van der Waals surface area contributed by atoms with E-state index in [2.05, 4.69) is 10.6 Å². The van der Waals surface area contributed by atoms with Crippen LogP contribution in [-0.2, 0) is 30.4 Å². The van der Waals surface area contributed by atoms with Crippen molar-refractivity contribution in [2.75, 3.05) is 18.6 Å². The van der Waals surface area contributed by atoms with Crippen molar-refractivity contribution >= 4 is 41.4 Å². The third-order valence-corrected chi connectivity index (χ3v) is 6.43. The second kappa shape index (κ2) is 13.7. The van der Waals surface area contributed by atoms with Crippen molar-refractivity contribution in [2.45, 2.75) is 56.3 Å². The maximum absolute atomic E-state index is 13.3. The molecule has 3 amide bonds. The summed E-state index contributed by atoms with van der Waals surface area (Å²) in [6, 6.07) is 1.43. The van der Waals surface area contributed by atoms with Crippen molar-refractivity contribution < 1.29 is 39.3 Å². The molecule has 1 aliphatic heterocycles. The summed E-state index contributed by atoms with van der Waals surface area (Å²) in [5, 5.41) is 32.9. The van der Waals surface area contributed by atoms with Crippen LogP contribution in [0, 0.1) is 0 Å². The highest BCUT2D eigenvalue weighted by Gasteiger charge is 2.39. The van der Waals surface area contributed by atoms with Gasteiger partial charge in [-0.3, -0.25) is 19.2 Å². The number of phenols is 1. The molecular weight excluding hydrogens is 492 g/mol. The van der Waals surface area contributed by atoms with E-state index in [0.717, 1.165) is 0 Å². The number of carbonyl (C=O) groups excluding carboxylic acids is 3. The SMILES string of the molecule is CSCCC(NC(=O)C(N)CC(=O)O)C(=O)N1CCCC1C(=O)NC(Cc1ccc(O)cc1)C(=O)O. The molecule has 4 atom stereocenters. The minimum absolute atomic E-state index is 0.0180. The summed E-state index contributed by atoms with van der Waals surface area (Å²) in [4.78, 5) is 62.7. The fourth-order valence-corrected chi connectivity index (χ4v) is 4.36. The van der Waals surface area contributed by atoms with E-state index in [1.165, 1.54) is 28.8 Å². The van der Waals surface area contributed by atoms with Crippen LogP contribution in [0.4, 0.5) is 0 Å². The Bertz CT molecular complexity index is 958. The van der Waals surface area contributed by atoms with Crippen LogP contribution in [-0.4, -0.2) is 92.6 Å². The Balaban J connectivity index is 2.11. The third-order valence-electron chi connectivity index (χ3n) is 5.79. The van der Waals surface area contributed by atoms with Crippen LogP contribution in [0.2, 0.25) is 0 Å². The topological polar surface area (TPSA) is 199 Å². The Hall–Kier alpha value is -3.32. The Morgan fingerprint density at radius 2 is 1.78 bits per heavy atom. The number of carboxylic acids is 2. The van der Waals surface area contributed by atoms with Gasteiger partial charge in [0, 0.05) is 13.0 Å². The van der Waals surface area contributed by atoms with E-state index in [4.69, 9.17) is 10.8 Å². The Labute approximate surface area is 212 Å². The van der Waals surface area contributed by atoms with Crippen molar-refractivity contribution in [3.8, 4) is 5.75 Å². The average Bonchev–Trinajstić information content (AvgIpc) is 3.31. The fourth-order valence-electron chi connectivity index (χ4n) is 3.89. The Kier molecular flexibility index (Phi) is 11.0. The molecule has 2 rings (SSSR count). The Morgan fingerprint density at radius 1 is 1.11 bits per heavy atom. The highest BCUT2D eigenvalue weighted by atomic mass is 32.2. The minimum Gasteiger partial charge on any atom is -0.508 e. The molecule has 1 heterocycles. The van der Waals surface area contributed by atoms with Crippen molar-refractivity contribution in [2.24, 2.45) is 5.73 Å². The maximum atomic E-state index is 13.3. The number of nitrogens with one attached hydrogen (secondary N) is 2. The van der Waals surface area contributed by atoms with Crippen LogP contribution in [0.25, 0.3) is 0 Å². The Morgan fingerprint density at radius 3 is 2.36 bits per heavy atom. The van der Waals surface area contributed by atoms with Gasteiger partial charge >= 0.3 is 11.9 Å². The van der Waals surface area contributed by atoms with E-state index in [9.17, 15) is 34.2 Å². The lowest BCUT2D eigenvalue weighted by atomic mass is 10.0. The third kappa shape index (κ3) is 8.41. The molecule has 4 unspecified atom stereocenters. The number of hydrogen-bond acceptors (Lipinski definition) is 8. The number of nitrogens with zero attached hydrogens (tertiary/aromatic N) is 1. The smallest absolute Gasteiger partial charge is 0.326 e. The number of amides is 3. The van der Waals surface area contributed by atoms with Crippen molar-refractivity contribution in [3.05, 3.63) is 29.8 Å². The van der Waals surface area contributed by atoms with E-state index in [1.54, 1.807) is 12.1 Å². The number of likely N-dealkylation sites (tertiary alicyclic amines) is 1. The number of carbonyl (C=O) groups is 5. The maximum Gasteiger partial charge on any atom is 0.326 e. The largest absolute Gasteiger partial charge is 0.508 e. The molecule has 0 spiro atoms. The molecule has 0 aromatic heterocycles.